The molecular weight excluding hydrogens is 383 g/mol. The lowest BCUT2D eigenvalue weighted by atomic mass is 10.2. The van der Waals surface area contributed by atoms with Crippen molar-refractivity contribution in [1.29, 1.82) is 0 Å². The molecule has 2 aromatic rings. The predicted molar refractivity (Wildman–Crippen MR) is 76.4 cm³/mol. The summed E-state index contributed by atoms with van der Waals surface area (Å²) in [4.78, 5) is -0.643. The van der Waals surface area contributed by atoms with E-state index >= 15 is 0 Å². The second kappa shape index (κ2) is 6.36. The van der Waals surface area contributed by atoms with Gasteiger partial charge >= 0.3 is 12.4 Å². The maximum Gasteiger partial charge on any atom is 0.417 e. The van der Waals surface area contributed by atoms with Gasteiger partial charge in [0.15, 0.2) is 0 Å². The van der Waals surface area contributed by atoms with Crippen LogP contribution >= 0.6 is 23.4 Å². The van der Waals surface area contributed by atoms with Gasteiger partial charge in [-0.1, -0.05) is 23.4 Å². The second-order valence-corrected chi connectivity index (χ2v) is 6.10. The third kappa shape index (κ3) is 4.07. The van der Waals surface area contributed by atoms with E-state index in [2.05, 4.69) is 0 Å². The lowest BCUT2D eigenvalue weighted by molar-refractivity contribution is -0.140. The zero-order valence-corrected chi connectivity index (χ0v) is 13.0. The van der Waals surface area contributed by atoms with Crippen LogP contribution in [0.3, 0.4) is 0 Å². The molecule has 0 saturated heterocycles. The topological polar surface area (TPSA) is 26.0 Å². The highest BCUT2D eigenvalue weighted by Gasteiger charge is 2.35. The van der Waals surface area contributed by atoms with Crippen LogP contribution in [0.25, 0.3) is 0 Å². The number of nitrogens with two attached hydrogens (primary N) is 1. The Morgan fingerprint density at radius 1 is 0.875 bits per heavy atom. The summed E-state index contributed by atoms with van der Waals surface area (Å²) in [6.07, 6.45) is -9.46. The average Bonchev–Trinajstić information content (AvgIpc) is 2.42. The molecule has 1 nitrogen and oxygen atoms in total. The number of rotatable bonds is 2. The quantitative estimate of drug-likeness (QED) is 0.485. The van der Waals surface area contributed by atoms with E-state index in [1.54, 1.807) is 0 Å². The molecule has 0 aromatic heterocycles. The van der Waals surface area contributed by atoms with Crippen molar-refractivity contribution in [2.45, 2.75) is 22.1 Å². The first kappa shape index (κ1) is 18.7. The number of hydrogen-bond acceptors (Lipinski definition) is 2. The maximum atomic E-state index is 13.5. The van der Waals surface area contributed by atoms with Crippen molar-refractivity contribution in [3.63, 3.8) is 0 Å². The highest BCUT2D eigenvalue weighted by atomic mass is 35.5. The summed E-state index contributed by atoms with van der Waals surface area (Å²) in [6.45, 7) is 0. The Labute approximate surface area is 140 Å². The van der Waals surface area contributed by atoms with Crippen LogP contribution in [0.2, 0.25) is 5.02 Å². The Morgan fingerprint density at radius 3 is 2.00 bits per heavy atom. The van der Waals surface area contributed by atoms with Crippen molar-refractivity contribution in [3.05, 3.63) is 52.3 Å². The van der Waals surface area contributed by atoms with Crippen molar-refractivity contribution in [2.75, 3.05) is 5.73 Å². The molecule has 0 heterocycles. The molecule has 0 saturated carbocycles. The van der Waals surface area contributed by atoms with Gasteiger partial charge in [-0.2, -0.15) is 26.3 Å². The maximum absolute atomic E-state index is 13.5. The van der Waals surface area contributed by atoms with Crippen LogP contribution in [0, 0.1) is 5.82 Å². The van der Waals surface area contributed by atoms with Gasteiger partial charge in [0.2, 0.25) is 0 Å². The molecule has 130 valence electrons. The lowest BCUT2D eigenvalue weighted by Gasteiger charge is -2.15. The van der Waals surface area contributed by atoms with Crippen molar-refractivity contribution >= 4 is 29.1 Å². The number of alkyl halides is 6. The van der Waals surface area contributed by atoms with E-state index in [4.69, 9.17) is 17.3 Å². The highest BCUT2D eigenvalue weighted by Crippen LogP contribution is 2.44. The summed E-state index contributed by atoms with van der Waals surface area (Å²) in [6, 6.07) is 3.18. The molecular formula is C14H7ClF7NS. The third-order valence-corrected chi connectivity index (χ3v) is 4.44. The lowest BCUT2D eigenvalue weighted by Crippen LogP contribution is -2.09. The summed E-state index contributed by atoms with van der Waals surface area (Å²) in [5, 5.41) is -0.403. The van der Waals surface area contributed by atoms with E-state index in [0.717, 1.165) is 6.07 Å². The Balaban J connectivity index is 2.47. The van der Waals surface area contributed by atoms with Crippen LogP contribution in [0.1, 0.15) is 11.1 Å². The molecule has 0 radical (unpaired) electrons. The smallest absolute Gasteiger partial charge is 0.396 e. The van der Waals surface area contributed by atoms with Gasteiger partial charge in [0.05, 0.1) is 21.8 Å². The highest BCUT2D eigenvalue weighted by molar-refractivity contribution is 7.99. The average molecular weight is 390 g/mol. The van der Waals surface area contributed by atoms with Gasteiger partial charge in [-0.05, 0) is 30.3 Å². The van der Waals surface area contributed by atoms with Crippen molar-refractivity contribution in [1.82, 2.24) is 0 Å². The SMILES string of the molecule is Nc1cc(C(F)(F)F)c(Sc2ccc(C(F)(F)F)cc2Cl)cc1F. The molecule has 10 heteroatoms. The zero-order chi connectivity index (χ0) is 18.3. The third-order valence-electron chi connectivity index (χ3n) is 2.88. The summed E-state index contributed by atoms with van der Waals surface area (Å²) in [7, 11) is 0. The summed E-state index contributed by atoms with van der Waals surface area (Å²) >= 11 is 6.10. The van der Waals surface area contributed by atoms with Gasteiger partial charge in [0, 0.05) is 9.79 Å². The molecule has 2 aromatic carbocycles. The molecule has 0 unspecified atom stereocenters. The van der Waals surface area contributed by atoms with E-state index in [1.807, 2.05) is 0 Å². The molecule has 0 amide bonds. The van der Waals surface area contributed by atoms with Gasteiger partial charge in [0.25, 0.3) is 0 Å². The number of nitrogen functional groups attached to an aromatic ring is 1. The van der Waals surface area contributed by atoms with E-state index in [1.165, 1.54) is 0 Å². The number of halogens is 8. The van der Waals surface area contributed by atoms with E-state index in [-0.39, 0.29) is 4.90 Å². The molecule has 0 bridgehead atoms. The Morgan fingerprint density at radius 2 is 1.50 bits per heavy atom. The van der Waals surface area contributed by atoms with Crippen molar-refractivity contribution in [3.8, 4) is 0 Å². The van der Waals surface area contributed by atoms with Gasteiger partial charge in [-0.3, -0.25) is 0 Å². The largest absolute Gasteiger partial charge is 0.417 e. The van der Waals surface area contributed by atoms with Crippen LogP contribution in [-0.2, 0) is 12.4 Å². The van der Waals surface area contributed by atoms with Gasteiger partial charge < -0.3 is 5.73 Å². The second-order valence-electron chi connectivity index (χ2n) is 4.61. The van der Waals surface area contributed by atoms with Crippen LogP contribution in [0.5, 0.6) is 0 Å². The standard InChI is InChI=1S/C14H7ClF7NS/c15-8-3-6(13(17,18)19)1-2-11(8)24-12-5-9(16)10(23)4-7(12)14(20,21)22/h1-5H,23H2. The fraction of sp³-hybridized carbons (Fsp3) is 0.143. The Kier molecular flexibility index (Phi) is 4.96. The van der Waals surface area contributed by atoms with E-state index < -0.39 is 44.9 Å². The molecule has 24 heavy (non-hydrogen) atoms. The van der Waals surface area contributed by atoms with Crippen molar-refractivity contribution in [2.24, 2.45) is 0 Å². The summed E-state index contributed by atoms with van der Waals surface area (Å²) in [5.74, 6) is -1.08. The van der Waals surface area contributed by atoms with Gasteiger partial charge in [-0.25, -0.2) is 4.39 Å². The molecule has 0 spiro atoms. The molecule has 0 atom stereocenters. The normalized spacial score (nSPS) is 12.5. The minimum Gasteiger partial charge on any atom is -0.396 e. The molecule has 0 aliphatic rings. The summed E-state index contributed by atoms with van der Waals surface area (Å²) < 4.78 is 90.2. The van der Waals surface area contributed by atoms with Crippen LogP contribution < -0.4 is 5.73 Å². The fourth-order valence-electron chi connectivity index (χ4n) is 1.76. The molecule has 0 aliphatic carbocycles. The van der Waals surface area contributed by atoms with Crippen LogP contribution in [0.4, 0.5) is 36.4 Å². The van der Waals surface area contributed by atoms with Crippen LogP contribution in [0.15, 0.2) is 40.1 Å². The molecule has 0 fully saturated rings. The Hall–Kier alpha value is -1.61. The zero-order valence-electron chi connectivity index (χ0n) is 11.4. The number of hydrogen-bond donors (Lipinski definition) is 1. The van der Waals surface area contributed by atoms with Crippen LogP contribution in [-0.4, -0.2) is 0 Å². The Bertz CT molecular complexity index is 771. The number of benzene rings is 2. The fourth-order valence-corrected chi connectivity index (χ4v) is 3.03. The minimum atomic E-state index is -4.82. The first-order valence-electron chi connectivity index (χ1n) is 6.10. The number of anilines is 1. The van der Waals surface area contributed by atoms with E-state index in [0.29, 0.717) is 36.0 Å². The molecule has 0 aliphatic heterocycles. The first-order valence-corrected chi connectivity index (χ1v) is 7.30. The van der Waals surface area contributed by atoms with Gasteiger partial charge in [-0.15, -0.1) is 0 Å². The predicted octanol–water partition coefficient (Wildman–Crippen LogP) is 6.25. The van der Waals surface area contributed by atoms with Crippen molar-refractivity contribution < 1.29 is 30.7 Å². The first-order chi connectivity index (χ1) is 10.9. The van der Waals surface area contributed by atoms with E-state index in [9.17, 15) is 30.7 Å². The summed E-state index contributed by atoms with van der Waals surface area (Å²) in [5.41, 5.74) is 2.20. The monoisotopic (exact) mass is 389 g/mol. The molecule has 2 N–H and O–H groups in total. The minimum absolute atomic E-state index is 0.0839. The van der Waals surface area contributed by atoms with Gasteiger partial charge in [0.1, 0.15) is 5.82 Å². The molecule has 2 rings (SSSR count).